The lowest BCUT2D eigenvalue weighted by Gasteiger charge is -2.34. The molecule has 3 atom stereocenters. The second-order valence-corrected chi connectivity index (χ2v) is 7.19. The fourth-order valence-electron chi connectivity index (χ4n) is 3.48. The summed E-state index contributed by atoms with van der Waals surface area (Å²) in [5.74, 6) is 0. The first-order chi connectivity index (χ1) is 10.1. The Balaban J connectivity index is 2.33. The molecule has 1 aromatic rings. The molecule has 0 aromatic heterocycles. The van der Waals surface area contributed by atoms with E-state index in [9.17, 15) is 0 Å². The van der Waals surface area contributed by atoms with E-state index in [0.29, 0.717) is 18.1 Å². The Morgan fingerprint density at radius 3 is 2.76 bits per heavy atom. The van der Waals surface area contributed by atoms with Crippen LogP contribution in [-0.2, 0) is 0 Å². The van der Waals surface area contributed by atoms with Gasteiger partial charge in [-0.2, -0.15) is 0 Å². The van der Waals surface area contributed by atoms with Crippen molar-refractivity contribution < 1.29 is 0 Å². The zero-order valence-corrected chi connectivity index (χ0v) is 15.4. The van der Waals surface area contributed by atoms with Crippen molar-refractivity contribution in [1.29, 1.82) is 0 Å². The zero-order valence-electron chi connectivity index (χ0n) is 13.8. The van der Waals surface area contributed by atoms with Gasteiger partial charge in [0.15, 0.2) is 0 Å². The van der Waals surface area contributed by atoms with E-state index in [1.165, 1.54) is 41.4 Å². The summed E-state index contributed by atoms with van der Waals surface area (Å²) in [6, 6.07) is 8.51. The van der Waals surface area contributed by atoms with E-state index in [0.717, 1.165) is 6.54 Å². The minimum atomic E-state index is 0.391. The molecular weight excluding hydrogens is 324 g/mol. The van der Waals surface area contributed by atoms with Crippen molar-refractivity contribution in [3.05, 3.63) is 28.2 Å². The quantitative estimate of drug-likeness (QED) is 0.749. The van der Waals surface area contributed by atoms with Gasteiger partial charge in [-0.05, 0) is 69.8 Å². The first-order valence-corrected chi connectivity index (χ1v) is 9.18. The smallest absolute Gasteiger partial charge is 0.0420 e. The molecule has 1 aliphatic rings. The van der Waals surface area contributed by atoms with Crippen molar-refractivity contribution in [3.63, 3.8) is 0 Å². The maximum atomic E-state index is 3.64. The standard InChI is InChI=1S/C18H29BrN2/c1-5-11-20-14(4)17-12-15(19)8-10-18(17)21-13(3)7-9-16(21)6-2/h8,10,12-14,16,20H,5-7,9,11H2,1-4H3. The molecule has 0 aliphatic carbocycles. The predicted octanol–water partition coefficient (Wildman–Crippen LogP) is 5.28. The average molecular weight is 353 g/mol. The zero-order chi connectivity index (χ0) is 15.4. The molecule has 0 radical (unpaired) electrons. The van der Waals surface area contributed by atoms with Crippen molar-refractivity contribution in [3.8, 4) is 0 Å². The third-order valence-electron chi connectivity index (χ3n) is 4.69. The highest BCUT2D eigenvalue weighted by Gasteiger charge is 2.31. The normalized spacial score (nSPS) is 23.6. The predicted molar refractivity (Wildman–Crippen MR) is 96.1 cm³/mol. The van der Waals surface area contributed by atoms with E-state index in [-0.39, 0.29) is 0 Å². The molecular formula is C18H29BrN2. The summed E-state index contributed by atoms with van der Waals surface area (Å²) in [5.41, 5.74) is 2.84. The summed E-state index contributed by atoms with van der Waals surface area (Å²) in [7, 11) is 0. The summed E-state index contributed by atoms with van der Waals surface area (Å²) in [6.07, 6.45) is 5.04. The lowest BCUT2D eigenvalue weighted by atomic mass is 10.0. The molecule has 0 bridgehead atoms. The second kappa shape index (κ2) is 7.64. The van der Waals surface area contributed by atoms with Crippen molar-refractivity contribution >= 4 is 21.6 Å². The highest BCUT2D eigenvalue weighted by molar-refractivity contribution is 9.10. The Morgan fingerprint density at radius 2 is 2.10 bits per heavy atom. The van der Waals surface area contributed by atoms with Crippen molar-refractivity contribution in [1.82, 2.24) is 5.32 Å². The van der Waals surface area contributed by atoms with Gasteiger partial charge in [-0.1, -0.05) is 29.8 Å². The summed E-state index contributed by atoms with van der Waals surface area (Å²) in [4.78, 5) is 2.66. The van der Waals surface area contributed by atoms with E-state index in [1.807, 2.05) is 0 Å². The maximum Gasteiger partial charge on any atom is 0.0420 e. The van der Waals surface area contributed by atoms with Gasteiger partial charge in [0.05, 0.1) is 0 Å². The van der Waals surface area contributed by atoms with Crippen LogP contribution in [0.5, 0.6) is 0 Å². The van der Waals surface area contributed by atoms with Crippen LogP contribution in [0, 0.1) is 0 Å². The van der Waals surface area contributed by atoms with Gasteiger partial charge in [0.25, 0.3) is 0 Å². The Bertz CT molecular complexity index is 461. The number of benzene rings is 1. The van der Waals surface area contributed by atoms with Gasteiger partial charge in [0.2, 0.25) is 0 Å². The SMILES string of the molecule is CCCNC(C)c1cc(Br)ccc1N1C(C)CCC1CC. The lowest BCUT2D eigenvalue weighted by Crippen LogP contribution is -2.35. The highest BCUT2D eigenvalue weighted by atomic mass is 79.9. The van der Waals surface area contributed by atoms with Crippen LogP contribution in [0.2, 0.25) is 0 Å². The van der Waals surface area contributed by atoms with Crippen LogP contribution in [0.3, 0.4) is 0 Å². The molecule has 1 aliphatic heterocycles. The third kappa shape index (κ3) is 3.81. The Labute approximate surface area is 138 Å². The number of rotatable bonds is 6. The Morgan fingerprint density at radius 1 is 1.33 bits per heavy atom. The molecule has 2 rings (SSSR count). The molecule has 0 saturated carbocycles. The number of anilines is 1. The number of hydrogen-bond acceptors (Lipinski definition) is 2. The van der Waals surface area contributed by atoms with E-state index >= 15 is 0 Å². The van der Waals surface area contributed by atoms with Gasteiger partial charge in [-0.15, -0.1) is 0 Å². The van der Waals surface area contributed by atoms with Crippen LogP contribution in [-0.4, -0.2) is 18.6 Å². The van der Waals surface area contributed by atoms with E-state index in [2.05, 4.69) is 72.0 Å². The second-order valence-electron chi connectivity index (χ2n) is 6.27. The molecule has 1 fully saturated rings. The van der Waals surface area contributed by atoms with Gasteiger partial charge < -0.3 is 10.2 Å². The van der Waals surface area contributed by atoms with Crippen LogP contribution < -0.4 is 10.2 Å². The van der Waals surface area contributed by atoms with Crippen LogP contribution in [0.15, 0.2) is 22.7 Å². The fraction of sp³-hybridized carbons (Fsp3) is 0.667. The Hall–Kier alpha value is -0.540. The number of halogens is 1. The summed E-state index contributed by atoms with van der Waals surface area (Å²) in [5, 5.41) is 3.64. The molecule has 2 nitrogen and oxygen atoms in total. The van der Waals surface area contributed by atoms with Crippen LogP contribution >= 0.6 is 15.9 Å². The molecule has 1 aromatic carbocycles. The van der Waals surface area contributed by atoms with Crippen molar-refractivity contribution in [2.24, 2.45) is 0 Å². The highest BCUT2D eigenvalue weighted by Crippen LogP contribution is 2.37. The third-order valence-corrected chi connectivity index (χ3v) is 5.19. The fourth-order valence-corrected chi connectivity index (χ4v) is 3.86. The minimum absolute atomic E-state index is 0.391. The molecule has 3 heteroatoms. The van der Waals surface area contributed by atoms with Crippen LogP contribution in [0.25, 0.3) is 0 Å². The van der Waals surface area contributed by atoms with Gasteiger partial charge >= 0.3 is 0 Å². The minimum Gasteiger partial charge on any atom is -0.366 e. The molecule has 118 valence electrons. The monoisotopic (exact) mass is 352 g/mol. The topological polar surface area (TPSA) is 15.3 Å². The largest absolute Gasteiger partial charge is 0.366 e. The van der Waals surface area contributed by atoms with E-state index in [4.69, 9.17) is 0 Å². The summed E-state index contributed by atoms with van der Waals surface area (Å²) < 4.78 is 1.17. The van der Waals surface area contributed by atoms with E-state index in [1.54, 1.807) is 0 Å². The molecule has 1 N–H and O–H groups in total. The van der Waals surface area contributed by atoms with Crippen molar-refractivity contribution in [2.75, 3.05) is 11.4 Å². The molecule has 21 heavy (non-hydrogen) atoms. The van der Waals surface area contributed by atoms with E-state index < -0.39 is 0 Å². The van der Waals surface area contributed by atoms with Crippen LogP contribution in [0.1, 0.15) is 65.0 Å². The molecule has 1 heterocycles. The van der Waals surface area contributed by atoms with Gasteiger partial charge in [-0.25, -0.2) is 0 Å². The maximum absolute atomic E-state index is 3.64. The average Bonchev–Trinajstić information content (AvgIpc) is 2.85. The lowest BCUT2D eigenvalue weighted by molar-refractivity contribution is 0.562. The van der Waals surface area contributed by atoms with Gasteiger partial charge in [0, 0.05) is 28.3 Å². The number of hydrogen-bond donors (Lipinski definition) is 1. The number of nitrogens with zero attached hydrogens (tertiary/aromatic N) is 1. The molecule has 0 amide bonds. The van der Waals surface area contributed by atoms with Gasteiger partial charge in [-0.3, -0.25) is 0 Å². The summed E-state index contributed by atoms with van der Waals surface area (Å²) in [6.45, 7) is 10.2. The molecule has 0 spiro atoms. The van der Waals surface area contributed by atoms with Crippen LogP contribution in [0.4, 0.5) is 5.69 Å². The van der Waals surface area contributed by atoms with Crippen molar-refractivity contribution in [2.45, 2.75) is 71.5 Å². The van der Waals surface area contributed by atoms with Gasteiger partial charge in [0.1, 0.15) is 0 Å². The molecule has 1 saturated heterocycles. The Kier molecular flexibility index (Phi) is 6.12. The first kappa shape index (κ1) is 16.8. The first-order valence-electron chi connectivity index (χ1n) is 8.39. The number of nitrogens with one attached hydrogen (secondary N) is 1. The summed E-state index contributed by atoms with van der Waals surface area (Å²) >= 11 is 3.64. The molecule has 3 unspecified atom stereocenters.